The fourth-order valence-electron chi connectivity index (χ4n) is 3.60. The van der Waals surface area contributed by atoms with Crippen molar-refractivity contribution in [2.75, 3.05) is 0 Å². The van der Waals surface area contributed by atoms with Gasteiger partial charge < -0.3 is 0 Å². The lowest BCUT2D eigenvalue weighted by Crippen LogP contribution is -2.24. The Morgan fingerprint density at radius 1 is 0.895 bits per heavy atom. The second kappa shape index (κ2) is 5.73. The first kappa shape index (κ1) is 12.7. The van der Waals surface area contributed by atoms with Gasteiger partial charge in [0, 0.05) is 12.3 Å². The van der Waals surface area contributed by atoms with Crippen LogP contribution in [0.1, 0.15) is 50.5 Å². The number of carbonyl (C=O) groups excluding carboxylic acids is 1. The van der Waals surface area contributed by atoms with Crippen molar-refractivity contribution in [2.45, 2.75) is 51.4 Å². The van der Waals surface area contributed by atoms with Crippen molar-refractivity contribution < 1.29 is 4.79 Å². The van der Waals surface area contributed by atoms with E-state index in [4.69, 9.17) is 0 Å². The predicted octanol–water partition coefficient (Wildman–Crippen LogP) is 4.47. The lowest BCUT2D eigenvalue weighted by Gasteiger charge is -2.27. The fourth-order valence-corrected chi connectivity index (χ4v) is 3.60. The Bertz CT molecular complexity index is 484. The van der Waals surface area contributed by atoms with E-state index in [2.05, 4.69) is 24.3 Å². The molecular formula is C18H22O. The molecule has 0 amide bonds. The maximum atomic E-state index is 12.3. The first-order valence-corrected chi connectivity index (χ1v) is 7.62. The first-order valence-electron chi connectivity index (χ1n) is 7.62. The third kappa shape index (κ3) is 2.80. The molecule has 0 saturated heterocycles. The summed E-state index contributed by atoms with van der Waals surface area (Å²) in [4.78, 5) is 12.3. The lowest BCUT2D eigenvalue weighted by atomic mass is 9.77. The average molecular weight is 254 g/mol. The van der Waals surface area contributed by atoms with E-state index in [0.29, 0.717) is 5.78 Å². The van der Waals surface area contributed by atoms with Crippen LogP contribution in [0.25, 0.3) is 0 Å². The summed E-state index contributed by atoms with van der Waals surface area (Å²) in [6.07, 6.45) is 9.07. The lowest BCUT2D eigenvalue weighted by molar-refractivity contribution is -0.122. The smallest absolute Gasteiger partial charge is 0.140 e. The van der Waals surface area contributed by atoms with Gasteiger partial charge in [-0.05, 0) is 44.1 Å². The SMILES string of the molecule is O=C1CCC2=C(CCCCC2)C1Cc1ccccc1. The van der Waals surface area contributed by atoms with Gasteiger partial charge in [0.25, 0.3) is 0 Å². The normalized spacial score (nSPS) is 24.0. The Labute approximate surface area is 115 Å². The maximum absolute atomic E-state index is 12.3. The quantitative estimate of drug-likeness (QED) is 0.712. The molecule has 0 aromatic heterocycles. The summed E-state index contributed by atoms with van der Waals surface area (Å²) in [5.41, 5.74) is 4.44. The van der Waals surface area contributed by atoms with Crippen LogP contribution in [0, 0.1) is 5.92 Å². The van der Waals surface area contributed by atoms with Crippen molar-refractivity contribution in [3.8, 4) is 0 Å². The molecule has 19 heavy (non-hydrogen) atoms. The molecule has 100 valence electrons. The highest BCUT2D eigenvalue weighted by molar-refractivity contribution is 5.85. The zero-order valence-corrected chi connectivity index (χ0v) is 11.5. The minimum atomic E-state index is 0.184. The van der Waals surface area contributed by atoms with Crippen molar-refractivity contribution in [1.82, 2.24) is 0 Å². The Morgan fingerprint density at radius 2 is 1.68 bits per heavy atom. The van der Waals surface area contributed by atoms with E-state index in [9.17, 15) is 4.79 Å². The summed E-state index contributed by atoms with van der Waals surface area (Å²) >= 11 is 0. The summed E-state index contributed by atoms with van der Waals surface area (Å²) in [6, 6.07) is 10.5. The average Bonchev–Trinajstić information content (AvgIpc) is 2.69. The van der Waals surface area contributed by atoms with Gasteiger partial charge in [0.15, 0.2) is 0 Å². The minimum Gasteiger partial charge on any atom is -0.299 e. The zero-order valence-electron chi connectivity index (χ0n) is 11.5. The van der Waals surface area contributed by atoms with Crippen molar-refractivity contribution in [3.63, 3.8) is 0 Å². The molecule has 2 aliphatic rings. The van der Waals surface area contributed by atoms with Crippen LogP contribution in [0.15, 0.2) is 41.5 Å². The van der Waals surface area contributed by atoms with Crippen molar-refractivity contribution >= 4 is 5.78 Å². The number of allylic oxidation sites excluding steroid dienone is 2. The van der Waals surface area contributed by atoms with Gasteiger partial charge in [-0.3, -0.25) is 4.79 Å². The molecule has 0 aliphatic heterocycles. The molecule has 1 heteroatoms. The van der Waals surface area contributed by atoms with E-state index in [1.165, 1.54) is 43.2 Å². The molecule has 0 N–H and O–H groups in total. The van der Waals surface area contributed by atoms with Crippen molar-refractivity contribution in [2.24, 2.45) is 5.92 Å². The van der Waals surface area contributed by atoms with Crippen LogP contribution >= 0.6 is 0 Å². The fraction of sp³-hybridized carbons (Fsp3) is 0.500. The van der Waals surface area contributed by atoms with Crippen LogP contribution in [0.4, 0.5) is 0 Å². The number of carbonyl (C=O) groups is 1. The van der Waals surface area contributed by atoms with Gasteiger partial charge in [-0.1, -0.05) is 47.9 Å². The molecule has 0 bridgehead atoms. The monoisotopic (exact) mass is 254 g/mol. The Balaban J connectivity index is 1.86. The molecule has 1 atom stereocenters. The van der Waals surface area contributed by atoms with Gasteiger partial charge in [0.1, 0.15) is 5.78 Å². The predicted molar refractivity (Wildman–Crippen MR) is 78.0 cm³/mol. The molecule has 0 spiro atoms. The first-order chi connectivity index (χ1) is 9.34. The number of Topliss-reactive ketones (excluding diaryl/α,β-unsaturated/α-hetero) is 1. The molecule has 1 unspecified atom stereocenters. The molecular weight excluding hydrogens is 232 g/mol. The van der Waals surface area contributed by atoms with Crippen LogP contribution in [0.3, 0.4) is 0 Å². The van der Waals surface area contributed by atoms with E-state index < -0.39 is 0 Å². The molecule has 1 aromatic rings. The zero-order chi connectivity index (χ0) is 13.1. The molecule has 3 rings (SSSR count). The number of hydrogen-bond donors (Lipinski definition) is 0. The highest BCUT2D eigenvalue weighted by atomic mass is 16.1. The Hall–Kier alpha value is -1.37. The summed E-state index contributed by atoms with van der Waals surface area (Å²) < 4.78 is 0. The summed E-state index contributed by atoms with van der Waals surface area (Å²) in [6.45, 7) is 0. The highest BCUT2D eigenvalue weighted by Crippen LogP contribution is 2.37. The van der Waals surface area contributed by atoms with E-state index in [1.54, 1.807) is 5.57 Å². The van der Waals surface area contributed by atoms with E-state index in [-0.39, 0.29) is 5.92 Å². The van der Waals surface area contributed by atoms with Crippen molar-refractivity contribution in [1.29, 1.82) is 0 Å². The second-order valence-electron chi connectivity index (χ2n) is 5.90. The van der Waals surface area contributed by atoms with E-state index in [0.717, 1.165) is 19.3 Å². The number of benzene rings is 1. The molecule has 0 fully saturated rings. The van der Waals surface area contributed by atoms with Gasteiger partial charge in [-0.25, -0.2) is 0 Å². The molecule has 1 aromatic carbocycles. The maximum Gasteiger partial charge on any atom is 0.140 e. The molecule has 1 nitrogen and oxygen atoms in total. The number of ketones is 1. The van der Waals surface area contributed by atoms with E-state index >= 15 is 0 Å². The Kier molecular flexibility index (Phi) is 3.82. The van der Waals surface area contributed by atoms with Gasteiger partial charge >= 0.3 is 0 Å². The summed E-state index contributed by atoms with van der Waals surface area (Å²) in [5, 5.41) is 0. The number of hydrogen-bond acceptors (Lipinski definition) is 1. The Morgan fingerprint density at radius 3 is 2.53 bits per heavy atom. The summed E-state index contributed by atoms with van der Waals surface area (Å²) in [7, 11) is 0. The highest BCUT2D eigenvalue weighted by Gasteiger charge is 2.30. The third-order valence-electron chi connectivity index (χ3n) is 4.64. The van der Waals surface area contributed by atoms with E-state index in [1.807, 2.05) is 6.07 Å². The van der Waals surface area contributed by atoms with Gasteiger partial charge in [0.2, 0.25) is 0 Å². The molecule has 0 radical (unpaired) electrons. The van der Waals surface area contributed by atoms with Crippen LogP contribution in [-0.2, 0) is 11.2 Å². The minimum absolute atomic E-state index is 0.184. The standard InChI is InChI=1S/C18H22O/c19-18-12-11-15-9-5-2-6-10-16(15)17(18)13-14-7-3-1-4-8-14/h1,3-4,7-8,17H,2,5-6,9-13H2. The topological polar surface area (TPSA) is 17.1 Å². The van der Waals surface area contributed by atoms with Crippen molar-refractivity contribution in [3.05, 3.63) is 47.0 Å². The molecule has 2 aliphatic carbocycles. The third-order valence-corrected chi connectivity index (χ3v) is 4.64. The second-order valence-corrected chi connectivity index (χ2v) is 5.90. The van der Waals surface area contributed by atoms with Gasteiger partial charge in [0.05, 0.1) is 0 Å². The molecule has 0 heterocycles. The molecule has 0 saturated carbocycles. The number of rotatable bonds is 2. The van der Waals surface area contributed by atoms with Crippen LogP contribution in [-0.4, -0.2) is 5.78 Å². The largest absolute Gasteiger partial charge is 0.299 e. The summed E-state index contributed by atoms with van der Waals surface area (Å²) in [5.74, 6) is 0.661. The van der Waals surface area contributed by atoms with Gasteiger partial charge in [-0.15, -0.1) is 0 Å². The van der Waals surface area contributed by atoms with Gasteiger partial charge in [-0.2, -0.15) is 0 Å². The van der Waals surface area contributed by atoms with Crippen LogP contribution in [0.2, 0.25) is 0 Å². The van der Waals surface area contributed by atoms with Crippen LogP contribution < -0.4 is 0 Å². The van der Waals surface area contributed by atoms with Crippen LogP contribution in [0.5, 0.6) is 0 Å².